The molecule has 0 saturated heterocycles. The molecule has 0 atom stereocenters. The third kappa shape index (κ3) is 3.42. The molecule has 0 radical (unpaired) electrons. The molecule has 2 rings (SSSR count). The van der Waals surface area contributed by atoms with Crippen molar-refractivity contribution in [2.24, 2.45) is 0 Å². The van der Waals surface area contributed by atoms with E-state index in [2.05, 4.69) is 4.98 Å². The van der Waals surface area contributed by atoms with Crippen LogP contribution < -0.4 is 0 Å². The van der Waals surface area contributed by atoms with Crippen molar-refractivity contribution < 1.29 is 4.79 Å². The Labute approximate surface area is 118 Å². The van der Waals surface area contributed by atoms with Gasteiger partial charge in [-0.15, -0.1) is 0 Å². The van der Waals surface area contributed by atoms with E-state index in [9.17, 15) is 4.79 Å². The largest absolute Gasteiger partial charge is 0.341 e. The van der Waals surface area contributed by atoms with Crippen molar-refractivity contribution >= 4 is 5.91 Å². The molecule has 1 aromatic carbocycles. The second kappa shape index (κ2) is 6.48. The van der Waals surface area contributed by atoms with Gasteiger partial charge >= 0.3 is 0 Å². The summed E-state index contributed by atoms with van der Waals surface area (Å²) >= 11 is 0. The summed E-state index contributed by atoms with van der Waals surface area (Å²) in [5.74, 6) is -0.0853. The molecule has 20 heavy (non-hydrogen) atoms. The zero-order valence-corrected chi connectivity index (χ0v) is 11.3. The number of benzene rings is 1. The number of hydrogen-bond acceptors (Lipinski definition) is 3. The van der Waals surface area contributed by atoms with Crippen molar-refractivity contribution in [2.45, 2.75) is 6.42 Å². The summed E-state index contributed by atoms with van der Waals surface area (Å²) in [6.07, 6.45) is 2.26. The smallest absolute Gasteiger partial charge is 0.255 e. The van der Waals surface area contributed by atoms with Gasteiger partial charge in [0.25, 0.3) is 5.91 Å². The van der Waals surface area contributed by atoms with E-state index in [1.165, 1.54) is 11.8 Å². The van der Waals surface area contributed by atoms with Gasteiger partial charge in [-0.05, 0) is 24.1 Å². The molecule has 0 saturated carbocycles. The number of nitrogens with zero attached hydrogens (tertiary/aromatic N) is 3. The molecular weight excluding hydrogens is 250 g/mol. The quantitative estimate of drug-likeness (QED) is 0.852. The number of carbonyl (C=O) groups is 1. The first kappa shape index (κ1) is 13.8. The van der Waals surface area contributed by atoms with Gasteiger partial charge in [0.2, 0.25) is 0 Å². The van der Waals surface area contributed by atoms with Crippen molar-refractivity contribution in [1.82, 2.24) is 9.88 Å². The lowest BCUT2D eigenvalue weighted by atomic mass is 10.1. The fourth-order valence-corrected chi connectivity index (χ4v) is 1.85. The molecule has 1 aromatic heterocycles. The monoisotopic (exact) mass is 265 g/mol. The molecule has 0 N–H and O–H groups in total. The van der Waals surface area contributed by atoms with Crippen molar-refractivity contribution in [3.63, 3.8) is 0 Å². The number of likely N-dealkylation sites (N-methyl/N-ethyl adjacent to an activating group) is 1. The summed E-state index contributed by atoms with van der Waals surface area (Å²) in [6.45, 7) is 0.642. The maximum atomic E-state index is 12.2. The molecular formula is C16H15N3O. The van der Waals surface area contributed by atoms with Crippen LogP contribution in [0.25, 0.3) is 0 Å². The standard InChI is InChI=1S/C16H15N3O/c1-19(10-9-13-5-3-2-4-6-13)16(20)14-7-8-15(11-17)18-12-14/h2-8,12H,9-10H2,1H3. The minimum atomic E-state index is -0.0853. The van der Waals surface area contributed by atoms with Crippen LogP contribution in [-0.4, -0.2) is 29.4 Å². The predicted molar refractivity (Wildman–Crippen MR) is 76.1 cm³/mol. The number of nitriles is 1. The summed E-state index contributed by atoms with van der Waals surface area (Å²) < 4.78 is 0. The van der Waals surface area contributed by atoms with Crippen LogP contribution in [0.3, 0.4) is 0 Å². The zero-order valence-electron chi connectivity index (χ0n) is 11.3. The molecule has 0 unspecified atom stereocenters. The maximum Gasteiger partial charge on any atom is 0.255 e. The molecule has 1 amide bonds. The topological polar surface area (TPSA) is 57.0 Å². The Hall–Kier alpha value is -2.67. The average molecular weight is 265 g/mol. The molecule has 4 nitrogen and oxygen atoms in total. The van der Waals surface area contributed by atoms with Crippen molar-refractivity contribution in [1.29, 1.82) is 5.26 Å². The minimum absolute atomic E-state index is 0.0853. The van der Waals surface area contributed by atoms with Gasteiger partial charge in [0.15, 0.2) is 0 Å². The van der Waals surface area contributed by atoms with Crippen LogP contribution in [0.15, 0.2) is 48.7 Å². The van der Waals surface area contributed by atoms with E-state index in [1.54, 1.807) is 24.1 Å². The van der Waals surface area contributed by atoms with Gasteiger partial charge in [-0.3, -0.25) is 4.79 Å². The van der Waals surface area contributed by atoms with Crippen LogP contribution in [0.2, 0.25) is 0 Å². The van der Waals surface area contributed by atoms with Gasteiger partial charge in [0, 0.05) is 19.8 Å². The Balaban J connectivity index is 1.96. The average Bonchev–Trinajstić information content (AvgIpc) is 2.53. The lowest BCUT2D eigenvalue weighted by Gasteiger charge is -2.17. The summed E-state index contributed by atoms with van der Waals surface area (Å²) in [6, 6.07) is 15.2. The molecule has 0 aliphatic carbocycles. The molecule has 100 valence electrons. The number of carbonyl (C=O) groups excluding carboxylic acids is 1. The van der Waals surface area contributed by atoms with Gasteiger partial charge in [-0.2, -0.15) is 5.26 Å². The van der Waals surface area contributed by atoms with E-state index in [4.69, 9.17) is 5.26 Å². The third-order valence-corrected chi connectivity index (χ3v) is 3.05. The SMILES string of the molecule is CN(CCc1ccccc1)C(=O)c1ccc(C#N)nc1. The Kier molecular flexibility index (Phi) is 4.46. The Morgan fingerprint density at radius 1 is 1.25 bits per heavy atom. The first-order chi connectivity index (χ1) is 9.70. The number of pyridine rings is 1. The molecule has 0 spiro atoms. The molecule has 2 aromatic rings. The minimum Gasteiger partial charge on any atom is -0.341 e. The summed E-state index contributed by atoms with van der Waals surface area (Å²) in [4.78, 5) is 17.7. The molecule has 0 aliphatic heterocycles. The van der Waals surface area contributed by atoms with Gasteiger partial charge in [0.05, 0.1) is 5.56 Å². The molecule has 0 bridgehead atoms. The number of hydrogen-bond donors (Lipinski definition) is 0. The highest BCUT2D eigenvalue weighted by Gasteiger charge is 2.11. The highest BCUT2D eigenvalue weighted by atomic mass is 16.2. The third-order valence-electron chi connectivity index (χ3n) is 3.05. The highest BCUT2D eigenvalue weighted by molar-refractivity contribution is 5.93. The number of amides is 1. The van der Waals surface area contributed by atoms with Crippen LogP contribution in [0, 0.1) is 11.3 Å². The van der Waals surface area contributed by atoms with Crippen LogP contribution in [0.4, 0.5) is 0 Å². The van der Waals surface area contributed by atoms with Gasteiger partial charge in [0.1, 0.15) is 11.8 Å². The first-order valence-electron chi connectivity index (χ1n) is 6.36. The summed E-state index contributed by atoms with van der Waals surface area (Å²) in [5, 5.41) is 8.68. The summed E-state index contributed by atoms with van der Waals surface area (Å²) in [5.41, 5.74) is 2.01. The summed E-state index contributed by atoms with van der Waals surface area (Å²) in [7, 11) is 1.77. The van der Waals surface area contributed by atoms with E-state index < -0.39 is 0 Å². The van der Waals surface area contributed by atoms with Crippen molar-refractivity contribution in [3.8, 4) is 6.07 Å². The van der Waals surface area contributed by atoms with Crippen LogP contribution in [0.1, 0.15) is 21.6 Å². The van der Waals surface area contributed by atoms with Crippen molar-refractivity contribution in [3.05, 3.63) is 65.5 Å². The van der Waals surface area contributed by atoms with Gasteiger partial charge < -0.3 is 4.90 Å². The van der Waals surface area contributed by atoms with E-state index in [0.717, 1.165) is 6.42 Å². The number of aromatic nitrogens is 1. The molecule has 0 aliphatic rings. The fraction of sp³-hybridized carbons (Fsp3) is 0.188. The second-order valence-corrected chi connectivity index (χ2v) is 4.51. The van der Waals surface area contributed by atoms with Gasteiger partial charge in [-0.25, -0.2) is 4.98 Å². The van der Waals surface area contributed by atoms with Gasteiger partial charge in [-0.1, -0.05) is 30.3 Å². The van der Waals surface area contributed by atoms with E-state index in [1.807, 2.05) is 36.4 Å². The maximum absolute atomic E-state index is 12.2. The van der Waals surface area contributed by atoms with Crippen LogP contribution >= 0.6 is 0 Å². The second-order valence-electron chi connectivity index (χ2n) is 4.51. The highest BCUT2D eigenvalue weighted by Crippen LogP contribution is 2.06. The molecule has 4 heteroatoms. The normalized spacial score (nSPS) is 9.80. The Morgan fingerprint density at radius 3 is 2.60 bits per heavy atom. The molecule has 0 fully saturated rings. The fourth-order valence-electron chi connectivity index (χ4n) is 1.85. The first-order valence-corrected chi connectivity index (χ1v) is 6.36. The van der Waals surface area contributed by atoms with E-state index in [-0.39, 0.29) is 5.91 Å². The number of rotatable bonds is 4. The lowest BCUT2D eigenvalue weighted by molar-refractivity contribution is 0.0796. The zero-order chi connectivity index (χ0) is 14.4. The van der Waals surface area contributed by atoms with E-state index >= 15 is 0 Å². The Morgan fingerprint density at radius 2 is 2.00 bits per heavy atom. The van der Waals surface area contributed by atoms with Crippen LogP contribution in [-0.2, 0) is 6.42 Å². The van der Waals surface area contributed by atoms with Crippen molar-refractivity contribution in [2.75, 3.05) is 13.6 Å². The van der Waals surface area contributed by atoms with E-state index in [0.29, 0.717) is 17.8 Å². The molecule has 1 heterocycles. The van der Waals surface area contributed by atoms with Crippen LogP contribution in [0.5, 0.6) is 0 Å². The lowest BCUT2D eigenvalue weighted by Crippen LogP contribution is -2.28. The predicted octanol–water partition coefficient (Wildman–Crippen LogP) is 2.27. The Bertz CT molecular complexity index is 614.